The van der Waals surface area contributed by atoms with Crippen molar-refractivity contribution in [1.82, 2.24) is 0 Å². The molecule has 2 atom stereocenters. The van der Waals surface area contributed by atoms with Crippen LogP contribution >= 0.6 is 0 Å². The van der Waals surface area contributed by atoms with Crippen molar-refractivity contribution >= 4 is 0 Å². The van der Waals surface area contributed by atoms with Gasteiger partial charge in [-0.15, -0.1) is 0 Å². The van der Waals surface area contributed by atoms with Gasteiger partial charge in [-0.2, -0.15) is 0 Å². The van der Waals surface area contributed by atoms with Gasteiger partial charge in [0.1, 0.15) is 0 Å². The Bertz CT molecular complexity index is 490. The van der Waals surface area contributed by atoms with E-state index in [1.807, 2.05) is 0 Å². The minimum atomic E-state index is 0.196. The fourth-order valence-electron chi connectivity index (χ4n) is 2.67. The van der Waals surface area contributed by atoms with Crippen LogP contribution in [0.2, 0.25) is 0 Å². The highest BCUT2D eigenvalue weighted by molar-refractivity contribution is 5.44. The van der Waals surface area contributed by atoms with Crippen molar-refractivity contribution in [1.29, 1.82) is 0 Å². The van der Waals surface area contributed by atoms with Gasteiger partial charge in [0.2, 0.25) is 0 Å². The molecule has 80 valence electrons. The van der Waals surface area contributed by atoms with E-state index >= 15 is 0 Å². The summed E-state index contributed by atoms with van der Waals surface area (Å²) in [6.45, 7) is 0. The molecule has 0 fully saturated rings. The Morgan fingerprint density at radius 2 is 1.44 bits per heavy atom. The van der Waals surface area contributed by atoms with Gasteiger partial charge in [0.25, 0.3) is 0 Å². The largest absolute Gasteiger partial charge is 0.324 e. The van der Waals surface area contributed by atoms with Gasteiger partial charge in [0.05, 0.1) is 0 Å². The summed E-state index contributed by atoms with van der Waals surface area (Å²) in [7, 11) is 0. The molecule has 1 heteroatoms. The average Bonchev–Trinajstić information content (AvgIpc) is 2.69. The molecule has 1 aliphatic carbocycles. The molecule has 0 radical (unpaired) electrons. The van der Waals surface area contributed by atoms with Crippen molar-refractivity contribution in [2.24, 2.45) is 5.73 Å². The van der Waals surface area contributed by atoms with Crippen LogP contribution in [0.15, 0.2) is 54.6 Å². The number of rotatable bonds is 1. The highest BCUT2D eigenvalue weighted by Gasteiger charge is 2.28. The summed E-state index contributed by atoms with van der Waals surface area (Å²) in [5, 5.41) is 0. The van der Waals surface area contributed by atoms with E-state index in [-0.39, 0.29) is 6.04 Å². The predicted octanol–water partition coefficient (Wildman–Crippen LogP) is 3.22. The first-order valence-electron chi connectivity index (χ1n) is 5.75. The van der Waals surface area contributed by atoms with E-state index in [1.54, 1.807) is 0 Å². The quantitative estimate of drug-likeness (QED) is 0.766. The zero-order valence-electron chi connectivity index (χ0n) is 9.14. The summed E-state index contributed by atoms with van der Waals surface area (Å²) in [6.07, 6.45) is 1.03. The van der Waals surface area contributed by atoms with Crippen molar-refractivity contribution in [2.45, 2.75) is 18.4 Å². The van der Waals surface area contributed by atoms with E-state index in [1.165, 1.54) is 16.7 Å². The fraction of sp³-hybridized carbons (Fsp3) is 0.200. The Labute approximate surface area is 95.9 Å². The smallest absolute Gasteiger partial charge is 0.0306 e. The van der Waals surface area contributed by atoms with Crippen LogP contribution < -0.4 is 5.73 Å². The molecular formula is C15H15N. The third kappa shape index (κ3) is 1.44. The molecule has 2 N–H and O–H groups in total. The Morgan fingerprint density at radius 3 is 2.19 bits per heavy atom. The normalized spacial score (nSPS) is 23.1. The molecule has 16 heavy (non-hydrogen) atoms. The van der Waals surface area contributed by atoms with Crippen LogP contribution in [0.4, 0.5) is 0 Å². The SMILES string of the molecule is N[C@@H]1C[C@@H](c2ccccc2)c2ccccc21. The van der Waals surface area contributed by atoms with Gasteiger partial charge in [0, 0.05) is 12.0 Å². The second-order valence-corrected chi connectivity index (χ2v) is 4.43. The van der Waals surface area contributed by atoms with E-state index in [0.717, 1.165) is 6.42 Å². The molecule has 1 nitrogen and oxygen atoms in total. The lowest BCUT2D eigenvalue weighted by molar-refractivity contribution is 0.662. The van der Waals surface area contributed by atoms with E-state index in [0.29, 0.717) is 5.92 Å². The molecule has 0 unspecified atom stereocenters. The minimum absolute atomic E-state index is 0.196. The summed E-state index contributed by atoms with van der Waals surface area (Å²) in [4.78, 5) is 0. The molecule has 0 saturated carbocycles. The topological polar surface area (TPSA) is 26.0 Å². The van der Waals surface area contributed by atoms with Gasteiger partial charge in [-0.3, -0.25) is 0 Å². The Balaban J connectivity index is 2.07. The lowest BCUT2D eigenvalue weighted by atomic mass is 9.93. The molecule has 0 heterocycles. The molecule has 3 rings (SSSR count). The number of benzene rings is 2. The Hall–Kier alpha value is -1.60. The average molecular weight is 209 g/mol. The van der Waals surface area contributed by atoms with E-state index in [2.05, 4.69) is 54.6 Å². The van der Waals surface area contributed by atoms with Crippen LogP contribution in [0.1, 0.15) is 35.1 Å². The standard InChI is InChI=1S/C15H15N/c16-15-10-14(11-6-2-1-3-7-11)12-8-4-5-9-13(12)15/h1-9,14-15H,10,16H2/t14-,15+/m0/s1. The zero-order valence-corrected chi connectivity index (χ0v) is 9.14. The first-order chi connectivity index (χ1) is 7.86. The Kier molecular flexibility index (Phi) is 2.26. The third-order valence-electron chi connectivity index (χ3n) is 3.46. The minimum Gasteiger partial charge on any atom is -0.324 e. The van der Waals surface area contributed by atoms with Crippen LogP contribution in [0.25, 0.3) is 0 Å². The number of hydrogen-bond acceptors (Lipinski definition) is 1. The van der Waals surface area contributed by atoms with Crippen molar-refractivity contribution in [3.8, 4) is 0 Å². The maximum absolute atomic E-state index is 6.17. The van der Waals surface area contributed by atoms with Gasteiger partial charge in [-0.25, -0.2) is 0 Å². The molecule has 1 aliphatic rings. The molecule has 2 aromatic rings. The lowest BCUT2D eigenvalue weighted by Crippen LogP contribution is -2.05. The van der Waals surface area contributed by atoms with Crippen LogP contribution in [0.3, 0.4) is 0 Å². The van der Waals surface area contributed by atoms with Crippen molar-refractivity contribution < 1.29 is 0 Å². The molecule has 2 aromatic carbocycles. The van der Waals surface area contributed by atoms with Crippen molar-refractivity contribution in [3.63, 3.8) is 0 Å². The zero-order chi connectivity index (χ0) is 11.0. The summed E-state index contributed by atoms with van der Waals surface area (Å²) >= 11 is 0. The molecule has 0 bridgehead atoms. The molecule has 0 aromatic heterocycles. The van der Waals surface area contributed by atoms with Crippen molar-refractivity contribution in [2.75, 3.05) is 0 Å². The second kappa shape index (κ2) is 3.76. The summed E-state index contributed by atoms with van der Waals surface area (Å²) in [5.74, 6) is 0.479. The van der Waals surface area contributed by atoms with Gasteiger partial charge < -0.3 is 5.73 Å². The van der Waals surface area contributed by atoms with Gasteiger partial charge in [-0.1, -0.05) is 54.6 Å². The first-order valence-corrected chi connectivity index (χ1v) is 5.75. The van der Waals surface area contributed by atoms with E-state index in [4.69, 9.17) is 5.73 Å². The maximum atomic E-state index is 6.17. The van der Waals surface area contributed by atoms with Gasteiger partial charge >= 0.3 is 0 Å². The van der Waals surface area contributed by atoms with Crippen LogP contribution in [0, 0.1) is 0 Å². The highest BCUT2D eigenvalue weighted by atomic mass is 14.7. The van der Waals surface area contributed by atoms with Crippen LogP contribution in [-0.2, 0) is 0 Å². The maximum Gasteiger partial charge on any atom is 0.0306 e. The van der Waals surface area contributed by atoms with Gasteiger partial charge in [-0.05, 0) is 23.1 Å². The molecule has 0 amide bonds. The third-order valence-corrected chi connectivity index (χ3v) is 3.46. The molecular weight excluding hydrogens is 194 g/mol. The fourth-order valence-corrected chi connectivity index (χ4v) is 2.67. The summed E-state index contributed by atoms with van der Waals surface area (Å²) in [6, 6.07) is 19.4. The number of nitrogens with two attached hydrogens (primary N) is 1. The molecule has 0 spiro atoms. The number of fused-ring (bicyclic) bond motifs is 1. The first kappa shape index (κ1) is 9.61. The second-order valence-electron chi connectivity index (χ2n) is 4.43. The van der Waals surface area contributed by atoms with Crippen LogP contribution in [0.5, 0.6) is 0 Å². The summed E-state index contributed by atoms with van der Waals surface area (Å²) in [5.41, 5.74) is 10.3. The molecule has 0 aliphatic heterocycles. The predicted molar refractivity (Wildman–Crippen MR) is 66.3 cm³/mol. The summed E-state index contributed by atoms with van der Waals surface area (Å²) < 4.78 is 0. The van der Waals surface area contributed by atoms with Crippen molar-refractivity contribution in [3.05, 3.63) is 71.3 Å². The van der Waals surface area contributed by atoms with E-state index < -0.39 is 0 Å². The Morgan fingerprint density at radius 1 is 0.812 bits per heavy atom. The molecule has 0 saturated heterocycles. The number of hydrogen-bond donors (Lipinski definition) is 1. The highest BCUT2D eigenvalue weighted by Crippen LogP contribution is 2.42. The van der Waals surface area contributed by atoms with Gasteiger partial charge in [0.15, 0.2) is 0 Å². The van der Waals surface area contributed by atoms with Crippen LogP contribution in [-0.4, -0.2) is 0 Å². The monoisotopic (exact) mass is 209 g/mol. The van der Waals surface area contributed by atoms with E-state index in [9.17, 15) is 0 Å². The lowest BCUT2D eigenvalue weighted by Gasteiger charge is -2.11.